The van der Waals surface area contributed by atoms with Crippen LogP contribution in [0.3, 0.4) is 0 Å². The summed E-state index contributed by atoms with van der Waals surface area (Å²) in [6, 6.07) is 6.98. The number of methoxy groups -OCH3 is 1. The quantitative estimate of drug-likeness (QED) is 0.616. The Labute approximate surface area is 112 Å². The van der Waals surface area contributed by atoms with E-state index in [0.717, 1.165) is 5.69 Å². The lowest BCUT2D eigenvalue weighted by Crippen LogP contribution is -2.27. The Bertz CT molecular complexity index is 435. The third-order valence-electron chi connectivity index (χ3n) is 2.45. The van der Waals surface area contributed by atoms with Crippen LogP contribution in [0.2, 0.25) is 0 Å². The third-order valence-corrected chi connectivity index (χ3v) is 2.45. The van der Waals surface area contributed by atoms with E-state index in [9.17, 15) is 9.59 Å². The third kappa shape index (κ3) is 5.39. The molecule has 0 atom stereocenters. The van der Waals surface area contributed by atoms with Crippen molar-refractivity contribution in [3.8, 4) is 0 Å². The van der Waals surface area contributed by atoms with E-state index in [0.29, 0.717) is 18.7 Å². The lowest BCUT2D eigenvalue weighted by molar-refractivity contribution is -0.118. The Morgan fingerprint density at radius 3 is 2.79 bits per heavy atom. The second kappa shape index (κ2) is 8.10. The number of hydrogen-bond acceptors (Lipinski definition) is 4. The van der Waals surface area contributed by atoms with Gasteiger partial charge in [0.2, 0.25) is 5.91 Å². The van der Waals surface area contributed by atoms with E-state index in [1.807, 2.05) is 0 Å². The van der Waals surface area contributed by atoms with Crippen LogP contribution in [0.15, 0.2) is 24.3 Å². The fraction of sp³-hybridized carbons (Fsp3) is 0.385. The summed E-state index contributed by atoms with van der Waals surface area (Å²) in [4.78, 5) is 22.9. The number of benzene rings is 1. The minimum absolute atomic E-state index is 0.116. The second-order valence-electron chi connectivity index (χ2n) is 3.86. The molecule has 0 aliphatic carbocycles. The molecule has 104 valence electrons. The zero-order valence-corrected chi connectivity index (χ0v) is 11.2. The summed E-state index contributed by atoms with van der Waals surface area (Å²) in [5.41, 5.74) is 1.26. The van der Waals surface area contributed by atoms with Crippen LogP contribution < -0.4 is 16.0 Å². The molecule has 0 bridgehead atoms. The topological polar surface area (TPSA) is 79.5 Å². The van der Waals surface area contributed by atoms with Gasteiger partial charge in [0.15, 0.2) is 0 Å². The predicted octanol–water partition coefficient (Wildman–Crippen LogP) is 0.221. The molecule has 0 heterocycles. The van der Waals surface area contributed by atoms with Gasteiger partial charge in [0.1, 0.15) is 0 Å². The van der Waals surface area contributed by atoms with E-state index in [2.05, 4.69) is 16.0 Å². The number of carbonyl (C=O) groups excluding carboxylic acids is 2. The van der Waals surface area contributed by atoms with Gasteiger partial charge in [-0.1, -0.05) is 6.07 Å². The normalized spacial score (nSPS) is 9.79. The van der Waals surface area contributed by atoms with E-state index in [4.69, 9.17) is 4.74 Å². The molecular weight excluding hydrogens is 246 g/mol. The van der Waals surface area contributed by atoms with Crippen molar-refractivity contribution in [3.63, 3.8) is 0 Å². The highest BCUT2D eigenvalue weighted by Crippen LogP contribution is 2.10. The van der Waals surface area contributed by atoms with Crippen LogP contribution in [0.4, 0.5) is 5.69 Å². The zero-order chi connectivity index (χ0) is 14.1. The Morgan fingerprint density at radius 1 is 1.32 bits per heavy atom. The lowest BCUT2D eigenvalue weighted by Gasteiger charge is -2.08. The summed E-state index contributed by atoms with van der Waals surface area (Å²) in [5, 5.41) is 8.19. The van der Waals surface area contributed by atoms with Crippen LogP contribution in [0.25, 0.3) is 0 Å². The molecule has 0 unspecified atom stereocenters. The molecule has 1 aromatic rings. The average Bonchev–Trinajstić information content (AvgIpc) is 2.45. The van der Waals surface area contributed by atoms with Crippen LogP contribution in [-0.2, 0) is 9.53 Å². The van der Waals surface area contributed by atoms with Gasteiger partial charge in [0.25, 0.3) is 5.91 Å². The number of carbonyl (C=O) groups is 2. The number of hydrogen-bond donors (Lipinski definition) is 3. The minimum Gasteiger partial charge on any atom is -0.383 e. The number of anilines is 1. The van der Waals surface area contributed by atoms with Gasteiger partial charge in [-0.2, -0.15) is 0 Å². The van der Waals surface area contributed by atoms with Crippen molar-refractivity contribution in [1.82, 2.24) is 10.6 Å². The average molecular weight is 265 g/mol. The molecule has 0 radical (unpaired) electrons. The first kappa shape index (κ1) is 15.0. The maximum absolute atomic E-state index is 11.8. The molecule has 19 heavy (non-hydrogen) atoms. The van der Waals surface area contributed by atoms with E-state index in [1.165, 1.54) is 0 Å². The van der Waals surface area contributed by atoms with Crippen LogP contribution in [0.1, 0.15) is 10.4 Å². The molecule has 0 aliphatic rings. The predicted molar refractivity (Wildman–Crippen MR) is 73.2 cm³/mol. The standard InChI is InChI=1S/C13H19N3O3/c1-14-12(17)9-16-11-5-3-4-10(8-11)13(18)15-6-7-19-2/h3-5,8,16H,6-7,9H2,1-2H3,(H,14,17)(H,15,18). The molecule has 1 rings (SSSR count). The van der Waals surface area contributed by atoms with Crippen molar-refractivity contribution in [2.24, 2.45) is 0 Å². The molecule has 0 saturated carbocycles. The first-order valence-corrected chi connectivity index (χ1v) is 5.99. The Kier molecular flexibility index (Phi) is 6.38. The van der Waals surface area contributed by atoms with Gasteiger partial charge in [0, 0.05) is 32.0 Å². The maximum atomic E-state index is 11.8. The fourth-order valence-electron chi connectivity index (χ4n) is 1.41. The van der Waals surface area contributed by atoms with Crippen LogP contribution in [-0.4, -0.2) is 45.7 Å². The van der Waals surface area contributed by atoms with E-state index < -0.39 is 0 Å². The van der Waals surface area contributed by atoms with Crippen molar-refractivity contribution in [1.29, 1.82) is 0 Å². The van der Waals surface area contributed by atoms with E-state index in [-0.39, 0.29) is 18.4 Å². The largest absolute Gasteiger partial charge is 0.383 e. The zero-order valence-electron chi connectivity index (χ0n) is 11.2. The Morgan fingerprint density at radius 2 is 2.11 bits per heavy atom. The first-order chi connectivity index (χ1) is 9.17. The molecule has 0 fully saturated rings. The SMILES string of the molecule is CNC(=O)CNc1cccc(C(=O)NCCOC)c1. The van der Waals surface area contributed by atoms with Gasteiger partial charge in [-0.15, -0.1) is 0 Å². The molecule has 6 nitrogen and oxygen atoms in total. The number of likely N-dealkylation sites (N-methyl/N-ethyl adjacent to an activating group) is 1. The fourth-order valence-corrected chi connectivity index (χ4v) is 1.41. The smallest absolute Gasteiger partial charge is 0.251 e. The van der Waals surface area contributed by atoms with Gasteiger partial charge in [-0.25, -0.2) is 0 Å². The van der Waals surface area contributed by atoms with Crippen molar-refractivity contribution in [2.75, 3.05) is 39.2 Å². The number of rotatable bonds is 7. The first-order valence-electron chi connectivity index (χ1n) is 5.99. The van der Waals surface area contributed by atoms with Gasteiger partial charge in [0.05, 0.1) is 13.2 Å². The maximum Gasteiger partial charge on any atom is 0.251 e. The Hall–Kier alpha value is -2.08. The van der Waals surface area contributed by atoms with Gasteiger partial charge in [-0.05, 0) is 18.2 Å². The molecular formula is C13H19N3O3. The van der Waals surface area contributed by atoms with Gasteiger partial charge >= 0.3 is 0 Å². The minimum atomic E-state index is -0.166. The molecule has 0 saturated heterocycles. The van der Waals surface area contributed by atoms with Crippen molar-refractivity contribution in [2.45, 2.75) is 0 Å². The summed E-state index contributed by atoms with van der Waals surface area (Å²) >= 11 is 0. The van der Waals surface area contributed by atoms with Crippen molar-refractivity contribution < 1.29 is 14.3 Å². The van der Waals surface area contributed by atoms with Gasteiger partial charge < -0.3 is 20.7 Å². The second-order valence-corrected chi connectivity index (χ2v) is 3.86. The molecule has 2 amide bonds. The monoisotopic (exact) mass is 265 g/mol. The van der Waals surface area contributed by atoms with Crippen molar-refractivity contribution >= 4 is 17.5 Å². The highest BCUT2D eigenvalue weighted by molar-refractivity contribution is 5.95. The van der Waals surface area contributed by atoms with Crippen LogP contribution >= 0.6 is 0 Å². The summed E-state index contributed by atoms with van der Waals surface area (Å²) in [7, 11) is 3.15. The molecule has 1 aromatic carbocycles. The molecule has 0 aliphatic heterocycles. The molecule has 0 spiro atoms. The van der Waals surface area contributed by atoms with Crippen LogP contribution in [0, 0.1) is 0 Å². The number of amides is 2. The summed E-state index contributed by atoms with van der Waals surface area (Å²) in [6.45, 7) is 1.11. The molecule has 3 N–H and O–H groups in total. The van der Waals surface area contributed by atoms with Crippen molar-refractivity contribution in [3.05, 3.63) is 29.8 Å². The molecule has 0 aromatic heterocycles. The van der Waals surface area contributed by atoms with E-state index in [1.54, 1.807) is 38.4 Å². The summed E-state index contributed by atoms with van der Waals surface area (Å²) in [5.74, 6) is -0.282. The molecule has 6 heteroatoms. The van der Waals surface area contributed by atoms with Crippen LogP contribution in [0.5, 0.6) is 0 Å². The van der Waals surface area contributed by atoms with Gasteiger partial charge in [-0.3, -0.25) is 9.59 Å². The number of nitrogens with one attached hydrogen (secondary N) is 3. The highest BCUT2D eigenvalue weighted by Gasteiger charge is 2.05. The summed E-state index contributed by atoms with van der Waals surface area (Å²) < 4.78 is 4.86. The summed E-state index contributed by atoms with van der Waals surface area (Å²) in [6.07, 6.45) is 0. The lowest BCUT2D eigenvalue weighted by atomic mass is 10.2. The number of ether oxygens (including phenoxy) is 1. The highest BCUT2D eigenvalue weighted by atomic mass is 16.5. The van der Waals surface area contributed by atoms with E-state index >= 15 is 0 Å². The Balaban J connectivity index is 2.55.